The first-order valence-electron chi connectivity index (χ1n) is 7.58. The van der Waals surface area contributed by atoms with Crippen molar-refractivity contribution in [3.05, 3.63) is 48.0 Å². The SMILES string of the molecule is CC(C)OCC(O)CNC(C)c1ccc2ccccc2c1. The molecule has 2 N–H and O–H groups in total. The van der Waals surface area contributed by atoms with Gasteiger partial charge in [-0.25, -0.2) is 0 Å². The Balaban J connectivity index is 1.91. The average Bonchev–Trinajstić information content (AvgIpc) is 2.50. The van der Waals surface area contributed by atoms with E-state index >= 15 is 0 Å². The third-order valence-electron chi connectivity index (χ3n) is 3.56. The molecule has 2 aromatic rings. The standard InChI is InChI=1S/C18H25NO2/c1-13(2)21-12-18(20)11-19-14(3)16-9-8-15-6-4-5-7-17(15)10-16/h4-10,13-14,18-20H,11-12H2,1-3H3. The van der Waals surface area contributed by atoms with Crippen molar-refractivity contribution in [1.82, 2.24) is 5.32 Å². The van der Waals surface area contributed by atoms with Gasteiger partial charge in [0, 0.05) is 12.6 Å². The minimum atomic E-state index is -0.477. The van der Waals surface area contributed by atoms with Crippen molar-refractivity contribution in [2.75, 3.05) is 13.2 Å². The van der Waals surface area contributed by atoms with Crippen LogP contribution in [0.2, 0.25) is 0 Å². The molecule has 0 saturated heterocycles. The summed E-state index contributed by atoms with van der Waals surface area (Å²) in [6.07, 6.45) is -0.326. The maximum atomic E-state index is 9.88. The fraction of sp³-hybridized carbons (Fsp3) is 0.444. The Morgan fingerprint density at radius 2 is 1.76 bits per heavy atom. The van der Waals surface area contributed by atoms with Crippen LogP contribution in [-0.2, 0) is 4.74 Å². The van der Waals surface area contributed by atoms with E-state index in [4.69, 9.17) is 4.74 Å². The predicted molar refractivity (Wildman–Crippen MR) is 87.5 cm³/mol. The molecule has 0 aliphatic rings. The van der Waals surface area contributed by atoms with Crippen LogP contribution in [0.5, 0.6) is 0 Å². The molecule has 0 heterocycles. The maximum Gasteiger partial charge on any atom is 0.0898 e. The molecule has 0 bridgehead atoms. The second kappa shape index (κ2) is 7.55. The van der Waals surface area contributed by atoms with Crippen molar-refractivity contribution < 1.29 is 9.84 Å². The third kappa shape index (κ3) is 4.81. The summed E-state index contributed by atoms with van der Waals surface area (Å²) in [5.41, 5.74) is 1.23. The van der Waals surface area contributed by atoms with E-state index < -0.39 is 6.10 Å². The Bertz CT molecular complexity index is 568. The van der Waals surface area contributed by atoms with Crippen molar-refractivity contribution in [2.24, 2.45) is 0 Å². The molecule has 0 aromatic heterocycles. The molecule has 2 aromatic carbocycles. The summed E-state index contributed by atoms with van der Waals surface area (Å²) in [4.78, 5) is 0. The summed E-state index contributed by atoms with van der Waals surface area (Å²) in [5, 5.41) is 15.7. The van der Waals surface area contributed by atoms with Crippen LogP contribution >= 0.6 is 0 Å². The highest BCUT2D eigenvalue weighted by atomic mass is 16.5. The second-order valence-corrected chi connectivity index (χ2v) is 5.77. The van der Waals surface area contributed by atoms with Crippen LogP contribution in [0.1, 0.15) is 32.4 Å². The molecule has 0 fully saturated rings. The first-order chi connectivity index (χ1) is 10.1. The lowest BCUT2D eigenvalue weighted by atomic mass is 10.0. The Labute approximate surface area is 126 Å². The molecule has 3 nitrogen and oxygen atoms in total. The van der Waals surface area contributed by atoms with Gasteiger partial charge in [-0.1, -0.05) is 36.4 Å². The number of hydrogen-bond donors (Lipinski definition) is 2. The summed E-state index contributed by atoms with van der Waals surface area (Å²) >= 11 is 0. The van der Waals surface area contributed by atoms with Gasteiger partial charge in [0.05, 0.1) is 18.8 Å². The zero-order valence-corrected chi connectivity index (χ0v) is 13.0. The highest BCUT2D eigenvalue weighted by Gasteiger charge is 2.10. The van der Waals surface area contributed by atoms with Gasteiger partial charge >= 0.3 is 0 Å². The van der Waals surface area contributed by atoms with Crippen molar-refractivity contribution in [1.29, 1.82) is 0 Å². The number of aliphatic hydroxyl groups is 1. The Hall–Kier alpha value is -1.42. The zero-order chi connectivity index (χ0) is 15.2. The van der Waals surface area contributed by atoms with Gasteiger partial charge in [0.1, 0.15) is 0 Å². The molecule has 3 heteroatoms. The molecule has 2 unspecified atom stereocenters. The molecule has 0 spiro atoms. The van der Waals surface area contributed by atoms with Crippen molar-refractivity contribution in [3.63, 3.8) is 0 Å². The number of benzene rings is 2. The highest BCUT2D eigenvalue weighted by Crippen LogP contribution is 2.20. The lowest BCUT2D eigenvalue weighted by Crippen LogP contribution is -2.32. The summed E-state index contributed by atoms with van der Waals surface area (Å²) in [6, 6.07) is 15.0. The van der Waals surface area contributed by atoms with Gasteiger partial charge in [0.2, 0.25) is 0 Å². The van der Waals surface area contributed by atoms with E-state index in [9.17, 15) is 5.11 Å². The average molecular weight is 287 g/mol. The monoisotopic (exact) mass is 287 g/mol. The van der Waals surface area contributed by atoms with E-state index in [0.29, 0.717) is 13.2 Å². The predicted octanol–water partition coefficient (Wildman–Crippen LogP) is 3.28. The number of fused-ring (bicyclic) bond motifs is 1. The van der Waals surface area contributed by atoms with Crippen LogP contribution in [0, 0.1) is 0 Å². The first kappa shape index (κ1) is 16.0. The molecule has 21 heavy (non-hydrogen) atoms. The molecular formula is C18H25NO2. The molecule has 0 aliphatic heterocycles. The number of aliphatic hydroxyl groups excluding tert-OH is 1. The van der Waals surface area contributed by atoms with Gasteiger partial charge in [-0.05, 0) is 43.2 Å². The van der Waals surface area contributed by atoms with E-state index in [2.05, 4.69) is 54.7 Å². The quantitative estimate of drug-likeness (QED) is 0.821. The summed E-state index contributed by atoms with van der Waals surface area (Å²) in [6.45, 7) is 6.95. The molecule has 2 atom stereocenters. The lowest BCUT2D eigenvalue weighted by molar-refractivity contribution is 0.00561. The van der Waals surface area contributed by atoms with Crippen LogP contribution < -0.4 is 5.32 Å². The van der Waals surface area contributed by atoms with Crippen molar-refractivity contribution >= 4 is 10.8 Å². The fourth-order valence-electron chi connectivity index (χ4n) is 2.27. The van der Waals surface area contributed by atoms with E-state index in [1.165, 1.54) is 16.3 Å². The molecule has 2 rings (SSSR count). The minimum Gasteiger partial charge on any atom is -0.389 e. The molecular weight excluding hydrogens is 262 g/mol. The summed E-state index contributed by atoms with van der Waals surface area (Å²) < 4.78 is 5.41. The van der Waals surface area contributed by atoms with Crippen LogP contribution in [-0.4, -0.2) is 30.5 Å². The normalized spacial score (nSPS) is 14.5. The van der Waals surface area contributed by atoms with Gasteiger partial charge in [-0.3, -0.25) is 0 Å². The second-order valence-electron chi connectivity index (χ2n) is 5.77. The van der Waals surface area contributed by atoms with Crippen LogP contribution in [0.4, 0.5) is 0 Å². The highest BCUT2D eigenvalue weighted by molar-refractivity contribution is 5.83. The van der Waals surface area contributed by atoms with Gasteiger partial charge < -0.3 is 15.2 Å². The van der Waals surface area contributed by atoms with Gasteiger partial charge in [-0.15, -0.1) is 0 Å². The van der Waals surface area contributed by atoms with Gasteiger partial charge in [0.25, 0.3) is 0 Å². The summed E-state index contributed by atoms with van der Waals surface area (Å²) in [7, 11) is 0. The number of rotatable bonds is 7. The van der Waals surface area contributed by atoms with E-state index in [0.717, 1.165) is 0 Å². The topological polar surface area (TPSA) is 41.5 Å². The third-order valence-corrected chi connectivity index (χ3v) is 3.56. The molecule has 0 saturated carbocycles. The largest absolute Gasteiger partial charge is 0.389 e. The first-order valence-corrected chi connectivity index (χ1v) is 7.58. The van der Waals surface area contributed by atoms with Crippen molar-refractivity contribution in [2.45, 2.75) is 39.0 Å². The Morgan fingerprint density at radius 3 is 2.48 bits per heavy atom. The Morgan fingerprint density at radius 1 is 1.05 bits per heavy atom. The van der Waals surface area contributed by atoms with Crippen LogP contribution in [0.15, 0.2) is 42.5 Å². The van der Waals surface area contributed by atoms with E-state index in [-0.39, 0.29) is 12.1 Å². The smallest absolute Gasteiger partial charge is 0.0898 e. The molecule has 0 amide bonds. The number of ether oxygens (including phenoxy) is 1. The zero-order valence-electron chi connectivity index (χ0n) is 13.0. The Kier molecular flexibility index (Phi) is 5.74. The fourth-order valence-corrected chi connectivity index (χ4v) is 2.27. The van der Waals surface area contributed by atoms with Crippen LogP contribution in [0.3, 0.4) is 0 Å². The maximum absolute atomic E-state index is 9.88. The van der Waals surface area contributed by atoms with E-state index in [1.54, 1.807) is 0 Å². The number of hydrogen-bond acceptors (Lipinski definition) is 3. The number of nitrogens with one attached hydrogen (secondary N) is 1. The van der Waals surface area contributed by atoms with Gasteiger partial charge in [0.15, 0.2) is 0 Å². The lowest BCUT2D eigenvalue weighted by Gasteiger charge is -2.19. The summed E-state index contributed by atoms with van der Waals surface area (Å²) in [5.74, 6) is 0. The molecule has 114 valence electrons. The van der Waals surface area contributed by atoms with E-state index in [1.807, 2.05) is 13.8 Å². The van der Waals surface area contributed by atoms with Crippen LogP contribution in [0.25, 0.3) is 10.8 Å². The minimum absolute atomic E-state index is 0.151. The van der Waals surface area contributed by atoms with Crippen molar-refractivity contribution in [3.8, 4) is 0 Å². The molecule has 0 radical (unpaired) electrons. The molecule has 0 aliphatic carbocycles. The van der Waals surface area contributed by atoms with Gasteiger partial charge in [-0.2, -0.15) is 0 Å².